The number of carbonyl (C=O) groups is 1. The number of hydrogen-bond acceptors (Lipinski definition) is 5. The highest BCUT2D eigenvalue weighted by Gasteiger charge is 2.36. The number of halogens is 5. The molecule has 0 unspecified atom stereocenters. The molecule has 0 atom stereocenters. The molecule has 3 aromatic rings. The van der Waals surface area contributed by atoms with Crippen LogP contribution in [0.4, 0.5) is 27.1 Å². The summed E-state index contributed by atoms with van der Waals surface area (Å²) in [5, 5.41) is 2.24. The Kier molecular flexibility index (Phi) is 4.87. The molecule has 11 heteroatoms. The van der Waals surface area contributed by atoms with Gasteiger partial charge in [-0.3, -0.25) is 15.1 Å². The van der Waals surface area contributed by atoms with Crippen molar-refractivity contribution in [2.75, 3.05) is 5.32 Å². The second-order valence-corrected chi connectivity index (χ2v) is 6.05. The predicted molar refractivity (Wildman–Crippen MR) is 87.2 cm³/mol. The standard InChI is InChI=1S/C16H9F5N4OS/c1-7-8(3-2-6-22-7)14(26)24-15-23-13(25-27-15)11-10(17)5-4-9(12(11)18)16(19,20)21/h2-6H,1H3,(H,23,24,25,26). The van der Waals surface area contributed by atoms with Gasteiger partial charge in [0.2, 0.25) is 5.13 Å². The molecule has 2 heterocycles. The molecule has 0 saturated carbocycles. The zero-order valence-corrected chi connectivity index (χ0v) is 14.3. The molecule has 3 rings (SSSR count). The van der Waals surface area contributed by atoms with Crippen LogP contribution in [0.15, 0.2) is 30.5 Å². The van der Waals surface area contributed by atoms with Gasteiger partial charge in [-0.1, -0.05) is 0 Å². The van der Waals surface area contributed by atoms with Crippen molar-refractivity contribution in [3.63, 3.8) is 0 Å². The molecule has 27 heavy (non-hydrogen) atoms. The molecule has 0 bridgehead atoms. The van der Waals surface area contributed by atoms with Crippen LogP contribution in [-0.2, 0) is 6.18 Å². The molecule has 1 N–H and O–H groups in total. The SMILES string of the molecule is Cc1ncccc1C(=O)Nc1nc(-c2c(F)ccc(C(F)(F)F)c2F)ns1. The summed E-state index contributed by atoms with van der Waals surface area (Å²) in [5.41, 5.74) is -1.97. The van der Waals surface area contributed by atoms with E-state index in [-0.39, 0.29) is 10.7 Å². The van der Waals surface area contributed by atoms with E-state index in [2.05, 4.69) is 19.7 Å². The van der Waals surface area contributed by atoms with Gasteiger partial charge in [0.15, 0.2) is 5.82 Å². The van der Waals surface area contributed by atoms with Crippen molar-refractivity contribution in [3.8, 4) is 11.4 Å². The summed E-state index contributed by atoms with van der Waals surface area (Å²) in [6, 6.07) is 3.83. The van der Waals surface area contributed by atoms with Gasteiger partial charge in [0.05, 0.1) is 16.7 Å². The zero-order chi connectivity index (χ0) is 19.8. The first kappa shape index (κ1) is 18.8. The normalized spacial score (nSPS) is 11.5. The Bertz CT molecular complexity index is 1020. The number of alkyl halides is 3. The van der Waals surface area contributed by atoms with E-state index >= 15 is 0 Å². The van der Waals surface area contributed by atoms with Gasteiger partial charge in [-0.15, -0.1) is 0 Å². The van der Waals surface area contributed by atoms with Crippen molar-refractivity contribution in [1.82, 2.24) is 14.3 Å². The van der Waals surface area contributed by atoms with Crippen molar-refractivity contribution >= 4 is 22.6 Å². The maximum Gasteiger partial charge on any atom is 0.419 e. The van der Waals surface area contributed by atoms with Crippen LogP contribution in [0, 0.1) is 18.6 Å². The van der Waals surface area contributed by atoms with E-state index in [1.807, 2.05) is 0 Å². The minimum atomic E-state index is -5.00. The number of nitrogens with zero attached hydrogens (tertiary/aromatic N) is 3. The fourth-order valence-electron chi connectivity index (χ4n) is 2.24. The molecular formula is C16H9F5N4OS. The van der Waals surface area contributed by atoms with Crippen LogP contribution in [0.5, 0.6) is 0 Å². The fraction of sp³-hybridized carbons (Fsp3) is 0.125. The molecule has 140 valence electrons. The number of hydrogen-bond donors (Lipinski definition) is 1. The topological polar surface area (TPSA) is 67.8 Å². The number of benzene rings is 1. The van der Waals surface area contributed by atoms with Crippen molar-refractivity contribution < 1.29 is 26.7 Å². The van der Waals surface area contributed by atoms with Gasteiger partial charge in [0.1, 0.15) is 11.6 Å². The summed E-state index contributed by atoms with van der Waals surface area (Å²) < 4.78 is 70.2. The smallest absolute Gasteiger partial charge is 0.297 e. The van der Waals surface area contributed by atoms with Gasteiger partial charge in [0.25, 0.3) is 5.91 Å². The molecular weight excluding hydrogens is 391 g/mol. The molecule has 5 nitrogen and oxygen atoms in total. The molecule has 0 aliphatic heterocycles. The average Bonchev–Trinajstić information content (AvgIpc) is 3.02. The van der Waals surface area contributed by atoms with Crippen molar-refractivity contribution in [1.29, 1.82) is 0 Å². The summed E-state index contributed by atoms with van der Waals surface area (Å²) in [5.74, 6) is -4.26. The minimum absolute atomic E-state index is 0.130. The van der Waals surface area contributed by atoms with Crippen LogP contribution in [0.2, 0.25) is 0 Å². The van der Waals surface area contributed by atoms with Gasteiger partial charge < -0.3 is 0 Å². The van der Waals surface area contributed by atoms with Gasteiger partial charge >= 0.3 is 6.18 Å². The third kappa shape index (κ3) is 3.77. The number of rotatable bonds is 3. The van der Waals surface area contributed by atoms with Crippen LogP contribution >= 0.6 is 11.5 Å². The van der Waals surface area contributed by atoms with Crippen LogP contribution in [-0.4, -0.2) is 20.2 Å². The van der Waals surface area contributed by atoms with Crippen LogP contribution in [0.25, 0.3) is 11.4 Å². The Morgan fingerprint density at radius 3 is 2.59 bits per heavy atom. The number of anilines is 1. The van der Waals surface area contributed by atoms with Crippen LogP contribution in [0.3, 0.4) is 0 Å². The molecule has 0 fully saturated rings. The number of carbonyl (C=O) groups excluding carboxylic acids is 1. The third-order valence-corrected chi connectivity index (χ3v) is 4.15. The maximum atomic E-state index is 14.2. The molecule has 0 radical (unpaired) electrons. The van der Waals surface area contributed by atoms with Gasteiger partial charge in [-0.25, -0.2) is 8.78 Å². The Balaban J connectivity index is 1.93. The number of aromatic nitrogens is 3. The lowest BCUT2D eigenvalue weighted by atomic mass is 10.1. The van der Waals surface area contributed by atoms with Crippen molar-refractivity contribution in [2.24, 2.45) is 0 Å². The average molecular weight is 400 g/mol. The maximum absolute atomic E-state index is 14.2. The van der Waals surface area contributed by atoms with Gasteiger partial charge in [0, 0.05) is 23.4 Å². The largest absolute Gasteiger partial charge is 0.419 e. The molecule has 0 saturated heterocycles. The molecule has 0 aliphatic carbocycles. The Hall–Kier alpha value is -2.95. The molecule has 1 amide bonds. The number of nitrogens with one attached hydrogen (secondary N) is 1. The summed E-state index contributed by atoms with van der Waals surface area (Å²) in [4.78, 5) is 19.9. The van der Waals surface area contributed by atoms with Crippen LogP contribution in [0.1, 0.15) is 21.6 Å². The second kappa shape index (κ2) is 6.99. The van der Waals surface area contributed by atoms with E-state index < -0.39 is 40.7 Å². The van der Waals surface area contributed by atoms with Gasteiger partial charge in [-0.2, -0.15) is 22.5 Å². The minimum Gasteiger partial charge on any atom is -0.297 e. The third-order valence-electron chi connectivity index (χ3n) is 3.52. The highest BCUT2D eigenvalue weighted by atomic mass is 32.1. The predicted octanol–water partition coefficient (Wildman–Crippen LogP) is 4.46. The Morgan fingerprint density at radius 1 is 1.19 bits per heavy atom. The zero-order valence-electron chi connectivity index (χ0n) is 13.4. The molecule has 2 aromatic heterocycles. The van der Waals surface area contributed by atoms with Crippen LogP contribution < -0.4 is 5.32 Å². The fourth-order valence-corrected chi connectivity index (χ4v) is 2.81. The van der Waals surface area contributed by atoms with Crippen molar-refractivity contribution in [2.45, 2.75) is 13.1 Å². The van der Waals surface area contributed by atoms with Crippen molar-refractivity contribution in [3.05, 3.63) is 58.9 Å². The van der Waals surface area contributed by atoms with E-state index in [0.717, 1.165) is 0 Å². The lowest BCUT2D eigenvalue weighted by Gasteiger charge is -2.10. The summed E-state index contributed by atoms with van der Waals surface area (Å²) in [6.07, 6.45) is -3.51. The summed E-state index contributed by atoms with van der Waals surface area (Å²) in [6.45, 7) is 1.60. The quantitative estimate of drug-likeness (QED) is 0.660. The van der Waals surface area contributed by atoms with E-state index in [1.54, 1.807) is 13.0 Å². The molecule has 1 aromatic carbocycles. The number of aryl methyl sites for hydroxylation is 1. The number of pyridine rings is 1. The summed E-state index contributed by atoms with van der Waals surface area (Å²) in [7, 11) is 0. The van der Waals surface area contributed by atoms with E-state index in [9.17, 15) is 26.7 Å². The molecule has 0 spiro atoms. The Morgan fingerprint density at radius 2 is 1.93 bits per heavy atom. The molecule has 0 aliphatic rings. The second-order valence-electron chi connectivity index (χ2n) is 5.30. The monoisotopic (exact) mass is 400 g/mol. The summed E-state index contributed by atoms with van der Waals surface area (Å²) >= 11 is 0.576. The van der Waals surface area contributed by atoms with E-state index in [4.69, 9.17) is 0 Å². The lowest BCUT2D eigenvalue weighted by Crippen LogP contribution is -2.13. The number of amides is 1. The first-order valence-electron chi connectivity index (χ1n) is 7.30. The van der Waals surface area contributed by atoms with Gasteiger partial charge in [-0.05, 0) is 31.2 Å². The highest BCUT2D eigenvalue weighted by molar-refractivity contribution is 7.10. The lowest BCUT2D eigenvalue weighted by molar-refractivity contribution is -0.139. The van der Waals surface area contributed by atoms with E-state index in [1.165, 1.54) is 12.3 Å². The Labute approximate surface area is 153 Å². The first-order valence-corrected chi connectivity index (χ1v) is 8.08. The van der Waals surface area contributed by atoms with E-state index in [0.29, 0.717) is 29.4 Å². The first-order chi connectivity index (χ1) is 12.7. The highest BCUT2D eigenvalue weighted by Crippen LogP contribution is 2.36.